The molecule has 4 aromatic rings. The molecule has 0 saturated heterocycles. The number of H-pyrrole nitrogens is 1. The van der Waals surface area contributed by atoms with Crippen molar-refractivity contribution in [1.82, 2.24) is 10.3 Å². The third-order valence-electron chi connectivity index (χ3n) is 6.24. The molecule has 2 N–H and O–H groups in total. The fourth-order valence-electron chi connectivity index (χ4n) is 4.32. The van der Waals surface area contributed by atoms with Crippen molar-refractivity contribution in [2.75, 3.05) is 0 Å². The van der Waals surface area contributed by atoms with E-state index in [-0.39, 0.29) is 23.3 Å². The maximum Gasteiger partial charge on any atom is 0.221 e. The van der Waals surface area contributed by atoms with Gasteiger partial charge in [0.05, 0.1) is 6.04 Å². The predicted octanol–water partition coefficient (Wildman–Crippen LogP) is 6.86. The van der Waals surface area contributed by atoms with Crippen LogP contribution in [0.2, 0.25) is 0 Å². The molecular weight excluding hydrogens is 392 g/mol. The third kappa shape index (κ3) is 4.77. The third-order valence-corrected chi connectivity index (χ3v) is 6.24. The molecule has 0 aliphatic rings. The van der Waals surface area contributed by atoms with Gasteiger partial charge in [0.15, 0.2) is 0 Å². The van der Waals surface area contributed by atoms with Gasteiger partial charge < -0.3 is 10.3 Å². The Balaban J connectivity index is 1.64. The predicted molar refractivity (Wildman–Crippen MR) is 133 cm³/mol. The van der Waals surface area contributed by atoms with Crippen LogP contribution in [-0.4, -0.2) is 10.9 Å². The van der Waals surface area contributed by atoms with Gasteiger partial charge in [-0.2, -0.15) is 0 Å². The van der Waals surface area contributed by atoms with E-state index in [0.717, 1.165) is 22.2 Å². The van der Waals surface area contributed by atoms with Crippen LogP contribution in [-0.2, 0) is 10.2 Å². The van der Waals surface area contributed by atoms with Crippen molar-refractivity contribution in [2.45, 2.75) is 51.5 Å². The lowest BCUT2D eigenvalue weighted by Crippen LogP contribution is -2.28. The number of fused-ring (bicyclic) bond motifs is 1. The minimum atomic E-state index is -0.0319. The highest BCUT2D eigenvalue weighted by Gasteiger charge is 2.23. The largest absolute Gasteiger partial charge is 0.361 e. The Bertz CT molecular complexity index is 1180. The zero-order valence-electron chi connectivity index (χ0n) is 19.4. The first-order valence-electron chi connectivity index (χ1n) is 11.3. The molecule has 0 unspecified atom stereocenters. The molecule has 164 valence electrons. The van der Waals surface area contributed by atoms with Crippen molar-refractivity contribution in [3.05, 3.63) is 107 Å². The van der Waals surface area contributed by atoms with Gasteiger partial charge in [0.1, 0.15) is 0 Å². The van der Waals surface area contributed by atoms with E-state index < -0.39 is 0 Å². The Morgan fingerprint density at radius 3 is 2.22 bits per heavy atom. The number of rotatable bonds is 6. The maximum absolute atomic E-state index is 13.1. The number of nitrogens with one attached hydrogen (secondary N) is 2. The highest BCUT2D eigenvalue weighted by Crippen LogP contribution is 2.35. The van der Waals surface area contributed by atoms with Gasteiger partial charge >= 0.3 is 0 Å². The summed E-state index contributed by atoms with van der Waals surface area (Å²) in [5.41, 5.74) is 5.91. The van der Waals surface area contributed by atoms with Gasteiger partial charge in [-0.3, -0.25) is 4.79 Å². The molecule has 2 atom stereocenters. The zero-order valence-corrected chi connectivity index (χ0v) is 19.4. The van der Waals surface area contributed by atoms with Crippen LogP contribution < -0.4 is 5.32 Å². The highest BCUT2D eigenvalue weighted by molar-refractivity contribution is 5.86. The van der Waals surface area contributed by atoms with Crippen molar-refractivity contribution in [3.63, 3.8) is 0 Å². The summed E-state index contributed by atoms with van der Waals surface area (Å²) in [6.45, 7) is 8.69. The van der Waals surface area contributed by atoms with Crippen molar-refractivity contribution in [2.24, 2.45) is 0 Å². The molecule has 0 spiro atoms. The molecule has 0 aliphatic heterocycles. The van der Waals surface area contributed by atoms with Crippen LogP contribution in [0.5, 0.6) is 0 Å². The number of para-hydroxylation sites is 1. The van der Waals surface area contributed by atoms with Crippen molar-refractivity contribution < 1.29 is 4.79 Å². The number of hydrogen-bond acceptors (Lipinski definition) is 1. The minimum Gasteiger partial charge on any atom is -0.361 e. The summed E-state index contributed by atoms with van der Waals surface area (Å²) >= 11 is 0. The molecule has 4 rings (SSSR count). The van der Waals surface area contributed by atoms with Crippen molar-refractivity contribution in [1.29, 1.82) is 0 Å². The quantitative estimate of drug-likeness (QED) is 0.349. The van der Waals surface area contributed by atoms with Crippen LogP contribution in [0.1, 0.15) is 68.3 Å². The second-order valence-electron chi connectivity index (χ2n) is 9.62. The lowest BCUT2D eigenvalue weighted by molar-refractivity contribution is -0.121. The van der Waals surface area contributed by atoms with Gasteiger partial charge in [0.2, 0.25) is 5.91 Å². The number of hydrogen-bond donors (Lipinski definition) is 2. The van der Waals surface area contributed by atoms with Crippen LogP contribution in [0, 0.1) is 0 Å². The van der Waals surface area contributed by atoms with E-state index >= 15 is 0 Å². The zero-order chi connectivity index (χ0) is 22.7. The number of aromatic nitrogens is 1. The van der Waals surface area contributed by atoms with E-state index in [4.69, 9.17) is 0 Å². The van der Waals surface area contributed by atoms with Crippen molar-refractivity contribution >= 4 is 16.8 Å². The molecule has 32 heavy (non-hydrogen) atoms. The Labute approximate surface area is 190 Å². The summed E-state index contributed by atoms with van der Waals surface area (Å²) in [5, 5.41) is 4.36. The molecule has 0 radical (unpaired) electrons. The van der Waals surface area contributed by atoms with Gasteiger partial charge in [0.25, 0.3) is 0 Å². The monoisotopic (exact) mass is 424 g/mol. The molecule has 0 aliphatic carbocycles. The summed E-state index contributed by atoms with van der Waals surface area (Å²) in [5.74, 6) is 0.0275. The van der Waals surface area contributed by atoms with Crippen LogP contribution in [0.4, 0.5) is 0 Å². The van der Waals surface area contributed by atoms with Crippen LogP contribution in [0.15, 0.2) is 85.1 Å². The van der Waals surface area contributed by atoms with Crippen LogP contribution in [0.25, 0.3) is 10.9 Å². The Morgan fingerprint density at radius 1 is 0.875 bits per heavy atom. The molecule has 0 saturated carbocycles. The topological polar surface area (TPSA) is 44.9 Å². The van der Waals surface area contributed by atoms with E-state index in [1.165, 1.54) is 10.9 Å². The molecule has 3 aromatic carbocycles. The number of aromatic amines is 1. The van der Waals surface area contributed by atoms with E-state index in [9.17, 15) is 4.79 Å². The number of amides is 1. The van der Waals surface area contributed by atoms with Crippen molar-refractivity contribution in [3.8, 4) is 0 Å². The van der Waals surface area contributed by atoms with Gasteiger partial charge in [-0.15, -0.1) is 0 Å². The van der Waals surface area contributed by atoms with Gasteiger partial charge in [-0.1, -0.05) is 93.6 Å². The fraction of sp³-hybridized carbons (Fsp3) is 0.276. The molecule has 1 amide bonds. The molecular formula is C29H32N2O. The summed E-state index contributed by atoms with van der Waals surface area (Å²) < 4.78 is 0. The smallest absolute Gasteiger partial charge is 0.221 e. The van der Waals surface area contributed by atoms with E-state index in [0.29, 0.717) is 6.42 Å². The van der Waals surface area contributed by atoms with Gasteiger partial charge in [0, 0.05) is 29.4 Å². The number of benzene rings is 3. The lowest BCUT2D eigenvalue weighted by Gasteiger charge is -2.22. The fourth-order valence-corrected chi connectivity index (χ4v) is 4.32. The average molecular weight is 425 g/mol. The maximum atomic E-state index is 13.1. The van der Waals surface area contributed by atoms with Gasteiger partial charge in [-0.05, 0) is 40.7 Å². The van der Waals surface area contributed by atoms with E-state index in [1.54, 1.807) is 0 Å². The molecule has 1 aromatic heterocycles. The Hall–Kier alpha value is -3.33. The lowest BCUT2D eigenvalue weighted by atomic mass is 9.83. The first kappa shape index (κ1) is 21.9. The second-order valence-corrected chi connectivity index (χ2v) is 9.62. The second kappa shape index (κ2) is 9.04. The SMILES string of the molecule is C[C@@H](NC(=O)C[C@@H](c1ccc(C(C)(C)C)cc1)c1c[nH]c2ccccc12)c1ccccc1. The molecule has 3 heteroatoms. The number of carbonyl (C=O) groups excluding carboxylic acids is 1. The normalized spacial score (nSPS) is 13.6. The molecule has 1 heterocycles. The van der Waals surface area contributed by atoms with Crippen LogP contribution in [0.3, 0.4) is 0 Å². The van der Waals surface area contributed by atoms with Gasteiger partial charge in [-0.25, -0.2) is 0 Å². The highest BCUT2D eigenvalue weighted by atomic mass is 16.1. The van der Waals surface area contributed by atoms with Crippen LogP contribution >= 0.6 is 0 Å². The minimum absolute atomic E-state index is 0.0249. The average Bonchev–Trinajstić information content (AvgIpc) is 3.21. The summed E-state index contributed by atoms with van der Waals surface area (Å²) in [7, 11) is 0. The Morgan fingerprint density at radius 2 is 1.53 bits per heavy atom. The first-order valence-corrected chi connectivity index (χ1v) is 11.3. The first-order chi connectivity index (χ1) is 15.3. The van der Waals surface area contributed by atoms with E-state index in [1.807, 2.05) is 43.3 Å². The molecule has 0 fully saturated rings. The summed E-state index contributed by atoms with van der Waals surface area (Å²) in [4.78, 5) is 16.5. The summed E-state index contributed by atoms with van der Waals surface area (Å²) in [6, 6.07) is 27.1. The molecule has 3 nitrogen and oxygen atoms in total. The Kier molecular flexibility index (Phi) is 6.18. The molecule has 0 bridgehead atoms. The summed E-state index contributed by atoms with van der Waals surface area (Å²) in [6.07, 6.45) is 2.45. The number of carbonyl (C=O) groups is 1. The standard InChI is InChI=1S/C29H32N2O/c1-20(21-10-6-5-7-11-21)31-28(32)18-25(22-14-16-23(17-15-22)29(2,3)4)26-19-30-27-13-9-8-12-24(26)27/h5-17,19-20,25,30H,18H2,1-4H3,(H,31,32)/t20-,25+/m1/s1. The van der Waals surface area contributed by atoms with E-state index in [2.05, 4.69) is 79.7 Å².